The molecule has 20 heavy (non-hydrogen) atoms. The van der Waals surface area contributed by atoms with Gasteiger partial charge in [-0.2, -0.15) is 0 Å². The summed E-state index contributed by atoms with van der Waals surface area (Å²) >= 11 is 3.41. The minimum Gasteiger partial charge on any atom is -0.398 e. The molecule has 1 aliphatic rings. The summed E-state index contributed by atoms with van der Waals surface area (Å²) in [7, 11) is 0. The zero-order chi connectivity index (χ0) is 14.1. The molecule has 0 aromatic heterocycles. The summed E-state index contributed by atoms with van der Waals surface area (Å²) in [6, 6.07) is 13.3. The fourth-order valence-electron chi connectivity index (χ4n) is 2.64. The monoisotopic (exact) mass is 330 g/mol. The second-order valence-corrected chi connectivity index (χ2v) is 5.83. The van der Waals surface area contributed by atoms with Gasteiger partial charge in [-0.05, 0) is 48.7 Å². The lowest BCUT2D eigenvalue weighted by Crippen LogP contribution is -2.35. The van der Waals surface area contributed by atoms with Crippen molar-refractivity contribution in [3.05, 3.63) is 58.1 Å². The molecule has 0 radical (unpaired) electrons. The minimum absolute atomic E-state index is 0.0258. The topological polar surface area (TPSA) is 46.3 Å². The van der Waals surface area contributed by atoms with Crippen molar-refractivity contribution in [2.45, 2.75) is 12.8 Å². The molecule has 4 heteroatoms. The average Bonchev–Trinajstić information content (AvgIpc) is 2.46. The van der Waals surface area contributed by atoms with Gasteiger partial charge in [0.15, 0.2) is 0 Å². The maximum absolute atomic E-state index is 12.7. The number of hydrogen-bond donors (Lipinski definition) is 1. The molecule has 2 aromatic carbocycles. The molecule has 0 fully saturated rings. The quantitative estimate of drug-likeness (QED) is 0.811. The van der Waals surface area contributed by atoms with Crippen LogP contribution >= 0.6 is 15.9 Å². The molecule has 1 aliphatic heterocycles. The average molecular weight is 331 g/mol. The number of halogens is 1. The van der Waals surface area contributed by atoms with E-state index in [0.29, 0.717) is 5.56 Å². The van der Waals surface area contributed by atoms with E-state index in [1.807, 2.05) is 47.4 Å². The molecule has 3 rings (SSSR count). The second-order valence-electron chi connectivity index (χ2n) is 4.92. The van der Waals surface area contributed by atoms with Crippen LogP contribution in [0.25, 0.3) is 0 Å². The van der Waals surface area contributed by atoms with Gasteiger partial charge in [0.1, 0.15) is 0 Å². The van der Waals surface area contributed by atoms with Crippen molar-refractivity contribution in [2.24, 2.45) is 0 Å². The number of carbonyl (C=O) groups excluding carboxylic acids is 1. The van der Waals surface area contributed by atoms with Crippen molar-refractivity contribution < 1.29 is 4.79 Å². The molecule has 2 aromatic rings. The lowest BCUT2D eigenvalue weighted by molar-refractivity contribution is 0.0985. The normalized spacial score (nSPS) is 13.9. The third kappa shape index (κ3) is 2.31. The highest BCUT2D eigenvalue weighted by atomic mass is 79.9. The van der Waals surface area contributed by atoms with Gasteiger partial charge in [0.05, 0.1) is 0 Å². The zero-order valence-electron chi connectivity index (χ0n) is 11.0. The summed E-state index contributed by atoms with van der Waals surface area (Å²) in [5.74, 6) is 0.0258. The Morgan fingerprint density at radius 1 is 1.20 bits per heavy atom. The maximum atomic E-state index is 12.7. The molecule has 0 unspecified atom stereocenters. The third-order valence-electron chi connectivity index (χ3n) is 3.60. The summed E-state index contributed by atoms with van der Waals surface area (Å²) in [5.41, 5.74) is 9.51. The number of carbonyl (C=O) groups is 1. The third-order valence-corrected chi connectivity index (χ3v) is 4.10. The van der Waals surface area contributed by atoms with Crippen LogP contribution in [0.5, 0.6) is 0 Å². The van der Waals surface area contributed by atoms with Gasteiger partial charge in [0.25, 0.3) is 5.91 Å². The van der Waals surface area contributed by atoms with Gasteiger partial charge >= 0.3 is 0 Å². The SMILES string of the molecule is Nc1cccc2c1CCCN2C(=O)c1cccc(Br)c1. The molecule has 0 saturated heterocycles. The Morgan fingerprint density at radius 3 is 2.80 bits per heavy atom. The van der Waals surface area contributed by atoms with Crippen LogP contribution in [0.15, 0.2) is 46.9 Å². The van der Waals surface area contributed by atoms with Crippen LogP contribution in [0.4, 0.5) is 11.4 Å². The van der Waals surface area contributed by atoms with Crippen LogP contribution in [0, 0.1) is 0 Å². The van der Waals surface area contributed by atoms with Crippen LogP contribution in [0.3, 0.4) is 0 Å². The summed E-state index contributed by atoms with van der Waals surface area (Å²) in [6.45, 7) is 0.738. The lowest BCUT2D eigenvalue weighted by Gasteiger charge is -2.30. The predicted octanol–water partition coefficient (Wildman–Crippen LogP) is 3.62. The van der Waals surface area contributed by atoms with E-state index in [0.717, 1.165) is 40.8 Å². The molecule has 102 valence electrons. The van der Waals surface area contributed by atoms with Gasteiger partial charge in [-0.3, -0.25) is 4.79 Å². The van der Waals surface area contributed by atoms with Gasteiger partial charge < -0.3 is 10.6 Å². The number of amides is 1. The highest BCUT2D eigenvalue weighted by molar-refractivity contribution is 9.10. The first-order valence-electron chi connectivity index (χ1n) is 6.61. The van der Waals surface area contributed by atoms with Crippen LogP contribution in [0.2, 0.25) is 0 Å². The van der Waals surface area contributed by atoms with Crippen molar-refractivity contribution in [3.8, 4) is 0 Å². The number of nitrogen functional groups attached to an aromatic ring is 1. The molecule has 3 nitrogen and oxygen atoms in total. The summed E-state index contributed by atoms with van der Waals surface area (Å²) < 4.78 is 0.910. The van der Waals surface area contributed by atoms with Crippen LogP contribution < -0.4 is 10.6 Å². The molecule has 1 amide bonds. The Kier molecular flexibility index (Phi) is 3.49. The zero-order valence-corrected chi connectivity index (χ0v) is 12.6. The highest BCUT2D eigenvalue weighted by Gasteiger charge is 2.24. The molecule has 0 spiro atoms. The number of nitrogens with two attached hydrogens (primary N) is 1. The van der Waals surface area contributed by atoms with E-state index < -0.39 is 0 Å². The summed E-state index contributed by atoms with van der Waals surface area (Å²) in [5, 5.41) is 0. The van der Waals surface area contributed by atoms with E-state index in [1.54, 1.807) is 0 Å². The molecule has 2 N–H and O–H groups in total. The maximum Gasteiger partial charge on any atom is 0.258 e. The van der Waals surface area contributed by atoms with Crippen LogP contribution in [-0.4, -0.2) is 12.5 Å². The minimum atomic E-state index is 0.0258. The number of benzene rings is 2. The molecule has 0 atom stereocenters. The first-order valence-corrected chi connectivity index (χ1v) is 7.41. The number of hydrogen-bond acceptors (Lipinski definition) is 2. The molecule has 0 bridgehead atoms. The Labute approximate surface area is 126 Å². The number of fused-ring (bicyclic) bond motifs is 1. The van der Waals surface area contributed by atoms with Gasteiger partial charge in [-0.1, -0.05) is 28.1 Å². The summed E-state index contributed by atoms with van der Waals surface area (Å²) in [6.07, 6.45) is 1.88. The van der Waals surface area contributed by atoms with Gasteiger partial charge in [-0.25, -0.2) is 0 Å². The molecular formula is C16H15BrN2O. The van der Waals surface area contributed by atoms with Crippen molar-refractivity contribution in [3.63, 3.8) is 0 Å². The Morgan fingerprint density at radius 2 is 2.00 bits per heavy atom. The Bertz CT molecular complexity index is 669. The van der Waals surface area contributed by atoms with E-state index in [1.165, 1.54) is 0 Å². The van der Waals surface area contributed by atoms with Crippen molar-refractivity contribution >= 4 is 33.2 Å². The predicted molar refractivity (Wildman–Crippen MR) is 85.0 cm³/mol. The van der Waals surface area contributed by atoms with E-state index in [2.05, 4.69) is 15.9 Å². The molecule has 0 aliphatic carbocycles. The standard InChI is InChI=1S/C16H15BrN2O/c17-12-5-1-4-11(10-12)16(20)19-9-3-6-13-14(18)7-2-8-15(13)19/h1-2,4-5,7-8,10H,3,6,9,18H2. The Balaban J connectivity index is 2.01. The smallest absolute Gasteiger partial charge is 0.258 e. The van der Waals surface area contributed by atoms with E-state index in [-0.39, 0.29) is 5.91 Å². The van der Waals surface area contributed by atoms with Crippen LogP contribution in [-0.2, 0) is 6.42 Å². The van der Waals surface area contributed by atoms with E-state index in [9.17, 15) is 4.79 Å². The highest BCUT2D eigenvalue weighted by Crippen LogP contribution is 2.32. The number of anilines is 2. The molecule has 1 heterocycles. The summed E-state index contributed by atoms with van der Waals surface area (Å²) in [4.78, 5) is 14.5. The Hall–Kier alpha value is -1.81. The van der Waals surface area contributed by atoms with Gasteiger partial charge in [0.2, 0.25) is 0 Å². The first kappa shape index (κ1) is 13.2. The van der Waals surface area contributed by atoms with Crippen molar-refractivity contribution in [1.29, 1.82) is 0 Å². The second kappa shape index (κ2) is 5.29. The fraction of sp³-hybridized carbons (Fsp3) is 0.188. The van der Waals surface area contributed by atoms with Gasteiger partial charge in [0, 0.05) is 28.0 Å². The van der Waals surface area contributed by atoms with Crippen LogP contribution in [0.1, 0.15) is 22.3 Å². The molecular weight excluding hydrogens is 316 g/mol. The van der Waals surface area contributed by atoms with Crippen molar-refractivity contribution in [1.82, 2.24) is 0 Å². The fourth-order valence-corrected chi connectivity index (χ4v) is 3.04. The number of rotatable bonds is 1. The largest absolute Gasteiger partial charge is 0.398 e. The van der Waals surface area contributed by atoms with E-state index >= 15 is 0 Å². The number of nitrogens with zero attached hydrogens (tertiary/aromatic N) is 1. The lowest BCUT2D eigenvalue weighted by atomic mass is 9.99. The van der Waals surface area contributed by atoms with E-state index in [4.69, 9.17) is 5.73 Å². The first-order chi connectivity index (χ1) is 9.66. The van der Waals surface area contributed by atoms with Crippen molar-refractivity contribution in [2.75, 3.05) is 17.2 Å². The molecule has 0 saturated carbocycles. The van der Waals surface area contributed by atoms with Gasteiger partial charge in [-0.15, -0.1) is 0 Å².